The maximum atomic E-state index is 12.6. The zero-order valence-corrected chi connectivity index (χ0v) is 20.3. The van der Waals surface area contributed by atoms with Gasteiger partial charge in [-0.25, -0.2) is 14.8 Å². The van der Waals surface area contributed by atoms with E-state index in [-0.39, 0.29) is 11.8 Å². The van der Waals surface area contributed by atoms with Crippen molar-refractivity contribution in [1.82, 2.24) is 24.7 Å². The highest BCUT2D eigenvalue weighted by atomic mass is 16.5. The molecule has 2 heterocycles. The van der Waals surface area contributed by atoms with E-state index in [1.54, 1.807) is 50.6 Å². The first-order valence-electron chi connectivity index (χ1n) is 10.8. The molecule has 13 heteroatoms. The molecule has 0 spiro atoms. The summed E-state index contributed by atoms with van der Waals surface area (Å²) in [6.45, 7) is 1.08. The molecule has 1 atom stereocenters. The Morgan fingerprint density at radius 3 is 2.19 bits per heavy atom. The summed E-state index contributed by atoms with van der Waals surface area (Å²) in [6.07, 6.45) is 3.06. The second-order valence-electron chi connectivity index (χ2n) is 7.51. The van der Waals surface area contributed by atoms with Crippen molar-refractivity contribution in [3.63, 3.8) is 0 Å². The number of methoxy groups -OCH3 is 2. The van der Waals surface area contributed by atoms with Crippen LogP contribution in [-0.4, -0.2) is 55.9 Å². The lowest BCUT2D eigenvalue weighted by atomic mass is 10.0. The van der Waals surface area contributed by atoms with E-state index in [0.29, 0.717) is 22.9 Å². The number of rotatable bonds is 8. The molecule has 4 rings (SSSR count). The van der Waals surface area contributed by atoms with E-state index in [9.17, 15) is 4.79 Å². The molecule has 0 fully saturated rings. The lowest BCUT2D eigenvalue weighted by Crippen LogP contribution is -2.18. The number of aromatic nitrogens is 5. The van der Waals surface area contributed by atoms with Crippen LogP contribution in [0.2, 0.25) is 0 Å². The zero-order valence-electron chi connectivity index (χ0n) is 20.3. The van der Waals surface area contributed by atoms with Gasteiger partial charge in [0.2, 0.25) is 0 Å². The summed E-state index contributed by atoms with van der Waals surface area (Å²) in [4.78, 5) is 32.6. The van der Waals surface area contributed by atoms with Gasteiger partial charge in [-0.05, 0) is 48.0 Å². The van der Waals surface area contributed by atoms with Crippen LogP contribution < -0.4 is 26.2 Å². The summed E-state index contributed by atoms with van der Waals surface area (Å²) in [5, 5.41) is 22.8. The number of carboxylic acids is 1. The Labute approximate surface area is 211 Å². The fraction of sp³-hybridized carbons (Fsp3) is 0.167. The monoisotopic (exact) mass is 506 g/mol. The number of aromatic amines is 1. The minimum absolute atomic E-state index is 0.0263. The Morgan fingerprint density at radius 1 is 1.11 bits per heavy atom. The summed E-state index contributed by atoms with van der Waals surface area (Å²) in [5.74, 6) is 0.783. The molecule has 192 valence electrons. The molecular weight excluding hydrogens is 480 g/mol. The van der Waals surface area contributed by atoms with E-state index in [2.05, 4.69) is 25.4 Å². The molecule has 2 aromatic heterocycles. The number of benzene rings is 2. The Bertz CT molecular complexity index is 1390. The number of carbonyl (C=O) groups is 1. The summed E-state index contributed by atoms with van der Waals surface area (Å²) in [7, 11) is 3.12. The predicted octanol–water partition coefficient (Wildman–Crippen LogP) is 1.94. The van der Waals surface area contributed by atoms with E-state index < -0.39 is 17.7 Å². The molecule has 0 amide bonds. The first kappa shape index (κ1) is 26.4. The molecule has 37 heavy (non-hydrogen) atoms. The third kappa shape index (κ3) is 6.91. The van der Waals surface area contributed by atoms with E-state index in [0.717, 1.165) is 22.9 Å². The standard InChI is InChI=1S/C22H22N8O3.C2H4O2/c1-32-16-10-14(11-17(12-16)33-2)18(27-15-6-4-13(5-7-15)19(23)24)20-28-22(31)30(29-20)21-25-8-3-9-26-21;1-2(3)4/h3-12,18,27H,1-2H3,(H3,23,24)(H,28,29,31);1H3,(H,3,4). The Balaban J connectivity index is 0.000000886. The molecular formula is C24H26N8O5. The van der Waals surface area contributed by atoms with Gasteiger partial charge in [0.05, 0.1) is 14.2 Å². The number of nitrogen functional groups attached to an aromatic ring is 1. The number of anilines is 1. The van der Waals surface area contributed by atoms with Crippen LogP contribution in [0.15, 0.2) is 65.7 Å². The second-order valence-corrected chi connectivity index (χ2v) is 7.51. The number of H-pyrrole nitrogens is 1. The van der Waals surface area contributed by atoms with Crippen molar-refractivity contribution in [2.75, 3.05) is 19.5 Å². The number of nitrogens with two attached hydrogens (primary N) is 1. The fourth-order valence-electron chi connectivity index (χ4n) is 3.23. The lowest BCUT2D eigenvalue weighted by molar-refractivity contribution is -0.134. The molecule has 0 aliphatic carbocycles. The number of ether oxygens (including phenoxy) is 2. The third-order valence-corrected chi connectivity index (χ3v) is 4.86. The first-order chi connectivity index (χ1) is 17.7. The molecule has 0 saturated carbocycles. The summed E-state index contributed by atoms with van der Waals surface area (Å²) < 4.78 is 11.9. The van der Waals surface area contributed by atoms with Crippen LogP contribution in [-0.2, 0) is 4.79 Å². The Hall–Kier alpha value is -5.20. The molecule has 0 aliphatic heterocycles. The van der Waals surface area contributed by atoms with E-state index in [4.69, 9.17) is 30.5 Å². The molecule has 13 nitrogen and oxygen atoms in total. The van der Waals surface area contributed by atoms with Crippen molar-refractivity contribution in [3.05, 3.63) is 88.4 Å². The molecule has 0 aliphatic rings. The van der Waals surface area contributed by atoms with Crippen LogP contribution in [0.1, 0.15) is 29.9 Å². The zero-order chi connectivity index (χ0) is 26.9. The van der Waals surface area contributed by atoms with E-state index in [1.165, 1.54) is 12.4 Å². The van der Waals surface area contributed by atoms with Gasteiger partial charge >= 0.3 is 5.69 Å². The molecule has 0 bridgehead atoms. The molecule has 2 aromatic carbocycles. The van der Waals surface area contributed by atoms with Crippen LogP contribution in [0, 0.1) is 5.41 Å². The van der Waals surface area contributed by atoms with Gasteiger partial charge in [-0.2, -0.15) is 0 Å². The second kappa shape index (κ2) is 12.0. The topological polar surface area (TPSA) is 194 Å². The Morgan fingerprint density at radius 2 is 1.68 bits per heavy atom. The van der Waals surface area contributed by atoms with Gasteiger partial charge in [0, 0.05) is 36.6 Å². The number of amidine groups is 1. The highest BCUT2D eigenvalue weighted by molar-refractivity contribution is 5.95. The largest absolute Gasteiger partial charge is 0.497 e. The number of nitrogens with zero attached hydrogens (tertiary/aromatic N) is 4. The number of carboxylic acid groups (broad SMARTS) is 1. The van der Waals surface area contributed by atoms with Gasteiger partial charge in [-0.1, -0.05) is 0 Å². The first-order valence-corrected chi connectivity index (χ1v) is 10.8. The minimum atomic E-state index is -0.833. The predicted molar refractivity (Wildman–Crippen MR) is 136 cm³/mol. The van der Waals surface area contributed by atoms with Crippen LogP contribution >= 0.6 is 0 Å². The smallest absolute Gasteiger partial charge is 0.350 e. The van der Waals surface area contributed by atoms with E-state index >= 15 is 0 Å². The Kier molecular flexibility index (Phi) is 8.54. The van der Waals surface area contributed by atoms with Crippen molar-refractivity contribution in [3.8, 4) is 17.4 Å². The normalized spacial score (nSPS) is 11.0. The molecule has 4 aromatic rings. The fourth-order valence-corrected chi connectivity index (χ4v) is 3.23. The van der Waals surface area contributed by atoms with Gasteiger partial charge in [0.1, 0.15) is 23.4 Å². The molecule has 0 saturated heterocycles. The molecule has 6 N–H and O–H groups in total. The average molecular weight is 507 g/mol. The van der Waals surface area contributed by atoms with Crippen molar-refractivity contribution in [1.29, 1.82) is 5.41 Å². The number of nitrogens with one attached hydrogen (secondary N) is 3. The van der Waals surface area contributed by atoms with Crippen molar-refractivity contribution in [2.24, 2.45) is 5.73 Å². The highest BCUT2D eigenvalue weighted by Crippen LogP contribution is 2.31. The quantitative estimate of drug-likeness (QED) is 0.174. The third-order valence-electron chi connectivity index (χ3n) is 4.86. The lowest BCUT2D eigenvalue weighted by Gasteiger charge is -2.20. The highest BCUT2D eigenvalue weighted by Gasteiger charge is 2.22. The van der Waals surface area contributed by atoms with Gasteiger partial charge in [-0.15, -0.1) is 9.78 Å². The van der Waals surface area contributed by atoms with Crippen LogP contribution in [0.4, 0.5) is 5.69 Å². The maximum Gasteiger partial charge on any atom is 0.350 e. The van der Waals surface area contributed by atoms with Crippen LogP contribution in [0.3, 0.4) is 0 Å². The summed E-state index contributed by atoms with van der Waals surface area (Å²) in [5.41, 5.74) is 7.12. The van der Waals surface area contributed by atoms with Crippen molar-refractivity contribution >= 4 is 17.5 Å². The molecule has 0 radical (unpaired) electrons. The molecule has 1 unspecified atom stereocenters. The van der Waals surface area contributed by atoms with E-state index in [1.807, 2.05) is 12.1 Å². The van der Waals surface area contributed by atoms with Crippen LogP contribution in [0.25, 0.3) is 5.95 Å². The van der Waals surface area contributed by atoms with Crippen molar-refractivity contribution < 1.29 is 19.4 Å². The van der Waals surface area contributed by atoms with Gasteiger partial charge in [-0.3, -0.25) is 15.2 Å². The van der Waals surface area contributed by atoms with Crippen molar-refractivity contribution in [2.45, 2.75) is 13.0 Å². The SMILES string of the molecule is CC(=O)O.COc1cc(OC)cc(C(Nc2ccc(C(=N)N)cc2)c2nn(-c3ncccn3)c(=O)[nH]2)c1. The van der Waals surface area contributed by atoms with Gasteiger partial charge in [0.15, 0.2) is 5.82 Å². The maximum absolute atomic E-state index is 12.6. The number of hydrogen-bond donors (Lipinski definition) is 5. The van der Waals surface area contributed by atoms with Gasteiger partial charge < -0.3 is 25.6 Å². The number of hydrogen-bond acceptors (Lipinski definition) is 9. The minimum Gasteiger partial charge on any atom is -0.497 e. The van der Waals surface area contributed by atoms with Gasteiger partial charge in [0.25, 0.3) is 11.9 Å². The summed E-state index contributed by atoms with van der Waals surface area (Å²) in [6, 6.07) is 13.5. The average Bonchev–Trinajstić information content (AvgIpc) is 3.28. The van der Waals surface area contributed by atoms with Crippen LogP contribution in [0.5, 0.6) is 11.5 Å². The summed E-state index contributed by atoms with van der Waals surface area (Å²) >= 11 is 0. The number of aliphatic carboxylic acids is 1.